The number of nitrogens with one attached hydrogen (secondary N) is 1. The second-order valence-electron chi connectivity index (χ2n) is 4.15. The molecular formula is C15H20N2O5. The third-order valence-corrected chi connectivity index (χ3v) is 2.79. The third-order valence-electron chi connectivity index (χ3n) is 2.79. The van der Waals surface area contributed by atoms with Crippen molar-refractivity contribution in [2.75, 3.05) is 27.9 Å². The lowest BCUT2D eigenvalue weighted by atomic mass is 10.1. The van der Waals surface area contributed by atoms with Crippen LogP contribution >= 0.6 is 0 Å². The van der Waals surface area contributed by atoms with Crippen LogP contribution in [0.1, 0.15) is 12.5 Å². The van der Waals surface area contributed by atoms with Gasteiger partial charge in [-0.25, -0.2) is 4.79 Å². The minimum atomic E-state index is -0.738. The molecule has 0 atom stereocenters. The minimum absolute atomic E-state index is 0.194. The van der Waals surface area contributed by atoms with Gasteiger partial charge in [0.2, 0.25) is 5.75 Å². The Morgan fingerprint density at radius 2 is 1.73 bits per heavy atom. The summed E-state index contributed by atoms with van der Waals surface area (Å²) in [6.45, 7) is 1.86. The van der Waals surface area contributed by atoms with Gasteiger partial charge in [-0.05, 0) is 25.1 Å². The highest BCUT2D eigenvalue weighted by Gasteiger charge is 2.15. The van der Waals surface area contributed by atoms with Crippen LogP contribution in [-0.4, -0.2) is 39.6 Å². The van der Waals surface area contributed by atoms with E-state index in [2.05, 4.69) is 0 Å². The molecule has 1 aromatic rings. The number of carbonyl (C=O) groups excluding carboxylic acids is 1. The van der Waals surface area contributed by atoms with Gasteiger partial charge < -0.3 is 24.7 Å². The van der Waals surface area contributed by atoms with Gasteiger partial charge in [0, 0.05) is 11.3 Å². The van der Waals surface area contributed by atoms with Crippen LogP contribution in [0.4, 0.5) is 0 Å². The number of carbonyl (C=O) groups is 1. The van der Waals surface area contributed by atoms with Crippen LogP contribution in [0.2, 0.25) is 0 Å². The first-order valence-corrected chi connectivity index (χ1v) is 6.51. The van der Waals surface area contributed by atoms with Crippen molar-refractivity contribution in [2.45, 2.75) is 6.92 Å². The molecular weight excluding hydrogens is 288 g/mol. The van der Waals surface area contributed by atoms with E-state index in [1.807, 2.05) is 0 Å². The van der Waals surface area contributed by atoms with Crippen molar-refractivity contribution in [2.24, 2.45) is 5.73 Å². The van der Waals surface area contributed by atoms with Crippen LogP contribution in [0.25, 0.3) is 5.70 Å². The molecule has 0 fully saturated rings. The quantitative estimate of drug-likeness (QED) is 0.585. The highest BCUT2D eigenvalue weighted by molar-refractivity contribution is 6.40. The molecule has 3 N–H and O–H groups in total. The Bertz CT molecular complexity index is 571. The van der Waals surface area contributed by atoms with Crippen LogP contribution in [-0.2, 0) is 9.53 Å². The second kappa shape index (κ2) is 7.92. The predicted octanol–water partition coefficient (Wildman–Crippen LogP) is 1.59. The van der Waals surface area contributed by atoms with Gasteiger partial charge in [0.15, 0.2) is 11.5 Å². The van der Waals surface area contributed by atoms with E-state index in [0.717, 1.165) is 0 Å². The summed E-state index contributed by atoms with van der Waals surface area (Å²) < 4.78 is 20.4. The molecule has 0 spiro atoms. The minimum Gasteiger partial charge on any atom is -0.493 e. The van der Waals surface area contributed by atoms with Gasteiger partial charge in [-0.2, -0.15) is 0 Å². The Hall–Kier alpha value is -2.70. The van der Waals surface area contributed by atoms with Gasteiger partial charge in [0.25, 0.3) is 0 Å². The smallest absolute Gasteiger partial charge is 0.356 e. The molecule has 0 unspecified atom stereocenters. The lowest BCUT2D eigenvalue weighted by Gasteiger charge is -2.14. The SMILES string of the molecule is CCOC(=O)C(=N)/C=C(\N)c1cc(OC)c(OC)c(OC)c1. The molecule has 0 aliphatic rings. The highest BCUT2D eigenvalue weighted by atomic mass is 16.5. The molecule has 0 aliphatic carbocycles. The third kappa shape index (κ3) is 3.91. The van der Waals surface area contributed by atoms with E-state index in [-0.39, 0.29) is 18.0 Å². The molecule has 0 bridgehead atoms. The van der Waals surface area contributed by atoms with Gasteiger partial charge in [-0.1, -0.05) is 0 Å². The summed E-state index contributed by atoms with van der Waals surface area (Å²) >= 11 is 0. The molecule has 1 rings (SSSR count). The highest BCUT2D eigenvalue weighted by Crippen LogP contribution is 2.39. The van der Waals surface area contributed by atoms with Gasteiger partial charge in [0.05, 0.1) is 27.9 Å². The standard InChI is InChI=1S/C15H20N2O5/c1-5-22-15(18)11(17)8-10(16)9-6-12(19-2)14(21-4)13(7-9)20-3/h6-8,17H,5,16H2,1-4H3/b10-8-,17-11?. The second-order valence-corrected chi connectivity index (χ2v) is 4.15. The number of rotatable bonds is 7. The average Bonchev–Trinajstić information content (AvgIpc) is 2.53. The fourth-order valence-corrected chi connectivity index (χ4v) is 1.75. The number of nitrogens with two attached hydrogens (primary N) is 1. The van der Waals surface area contributed by atoms with Gasteiger partial charge in [-0.15, -0.1) is 0 Å². The van der Waals surface area contributed by atoms with E-state index in [1.165, 1.54) is 27.4 Å². The molecule has 7 nitrogen and oxygen atoms in total. The Kier molecular flexibility index (Phi) is 6.25. The first-order chi connectivity index (χ1) is 10.5. The molecule has 7 heteroatoms. The molecule has 0 aromatic heterocycles. The van der Waals surface area contributed by atoms with Crippen LogP contribution in [0, 0.1) is 5.41 Å². The maximum Gasteiger partial charge on any atom is 0.356 e. The normalized spacial score (nSPS) is 10.8. The van der Waals surface area contributed by atoms with Crippen molar-refractivity contribution in [1.29, 1.82) is 5.41 Å². The molecule has 22 heavy (non-hydrogen) atoms. The van der Waals surface area contributed by atoms with Gasteiger partial charge in [0.1, 0.15) is 5.71 Å². The summed E-state index contributed by atoms with van der Waals surface area (Å²) in [4.78, 5) is 11.4. The fourth-order valence-electron chi connectivity index (χ4n) is 1.75. The van der Waals surface area contributed by atoms with Crippen molar-refractivity contribution in [3.05, 3.63) is 23.8 Å². The molecule has 0 saturated carbocycles. The first kappa shape index (κ1) is 17.4. The molecule has 1 aromatic carbocycles. The maximum atomic E-state index is 11.4. The number of methoxy groups -OCH3 is 3. The number of hydrogen-bond donors (Lipinski definition) is 2. The summed E-state index contributed by atoms with van der Waals surface area (Å²) in [5.41, 5.74) is 6.33. The van der Waals surface area contributed by atoms with Crippen molar-refractivity contribution < 1.29 is 23.7 Å². The van der Waals surface area contributed by atoms with Crippen LogP contribution in [0.15, 0.2) is 18.2 Å². The van der Waals surface area contributed by atoms with Gasteiger partial charge >= 0.3 is 5.97 Å². The van der Waals surface area contributed by atoms with E-state index in [0.29, 0.717) is 22.8 Å². The first-order valence-electron chi connectivity index (χ1n) is 6.51. The van der Waals surface area contributed by atoms with Crippen LogP contribution in [0.5, 0.6) is 17.2 Å². The van der Waals surface area contributed by atoms with Gasteiger partial charge in [-0.3, -0.25) is 5.41 Å². The summed E-state index contributed by atoms with van der Waals surface area (Å²) in [6.07, 6.45) is 1.22. The van der Waals surface area contributed by atoms with Crippen LogP contribution < -0.4 is 19.9 Å². The van der Waals surface area contributed by atoms with Crippen LogP contribution in [0.3, 0.4) is 0 Å². The van der Waals surface area contributed by atoms with Crippen molar-refractivity contribution in [3.8, 4) is 17.2 Å². The number of benzene rings is 1. The molecule has 0 saturated heterocycles. The Morgan fingerprint density at radius 1 is 1.18 bits per heavy atom. The number of hydrogen-bond acceptors (Lipinski definition) is 7. The summed E-state index contributed by atoms with van der Waals surface area (Å²) in [5, 5.41) is 7.64. The summed E-state index contributed by atoms with van der Waals surface area (Å²) in [5.74, 6) is 0.548. The zero-order valence-corrected chi connectivity index (χ0v) is 13.1. The number of esters is 1. The molecule has 0 aliphatic heterocycles. The van der Waals surface area contributed by atoms with Crippen molar-refractivity contribution in [3.63, 3.8) is 0 Å². The van der Waals surface area contributed by atoms with E-state index in [1.54, 1.807) is 19.1 Å². The summed E-state index contributed by atoms with van der Waals surface area (Å²) in [6, 6.07) is 3.26. The molecule has 0 heterocycles. The Labute approximate surface area is 129 Å². The lowest BCUT2D eigenvalue weighted by molar-refractivity contribution is -0.135. The zero-order chi connectivity index (χ0) is 16.7. The fraction of sp³-hybridized carbons (Fsp3) is 0.333. The van der Waals surface area contributed by atoms with E-state index < -0.39 is 5.97 Å². The molecule has 0 amide bonds. The Morgan fingerprint density at radius 3 is 2.14 bits per heavy atom. The molecule has 120 valence electrons. The monoisotopic (exact) mass is 308 g/mol. The predicted molar refractivity (Wildman–Crippen MR) is 82.6 cm³/mol. The summed E-state index contributed by atoms with van der Waals surface area (Å²) in [7, 11) is 4.47. The average molecular weight is 308 g/mol. The van der Waals surface area contributed by atoms with E-state index in [9.17, 15) is 4.79 Å². The lowest BCUT2D eigenvalue weighted by Crippen LogP contribution is -2.15. The largest absolute Gasteiger partial charge is 0.493 e. The number of ether oxygens (including phenoxy) is 4. The van der Waals surface area contributed by atoms with E-state index >= 15 is 0 Å². The topological polar surface area (TPSA) is 104 Å². The maximum absolute atomic E-state index is 11.4. The van der Waals surface area contributed by atoms with Crippen molar-refractivity contribution >= 4 is 17.4 Å². The van der Waals surface area contributed by atoms with E-state index in [4.69, 9.17) is 30.1 Å². The Balaban J connectivity index is 3.20. The van der Waals surface area contributed by atoms with Crippen molar-refractivity contribution in [1.82, 2.24) is 0 Å². The molecule has 0 radical (unpaired) electrons. The zero-order valence-electron chi connectivity index (χ0n) is 13.1.